The molecule has 5 heteroatoms. The first-order chi connectivity index (χ1) is 17.7. The summed E-state index contributed by atoms with van der Waals surface area (Å²) >= 11 is 0. The van der Waals surface area contributed by atoms with Crippen LogP contribution in [-0.2, 0) is 0 Å². The summed E-state index contributed by atoms with van der Waals surface area (Å²) in [6, 6.07) is 27.1. The topological polar surface area (TPSA) is 53.1 Å². The minimum absolute atomic E-state index is 0.424. The lowest BCUT2D eigenvalue weighted by Gasteiger charge is -2.30. The van der Waals surface area contributed by atoms with E-state index in [1.165, 1.54) is 35.1 Å². The molecule has 2 N–H and O–H groups in total. The van der Waals surface area contributed by atoms with E-state index in [0.717, 1.165) is 48.5 Å². The Morgan fingerprint density at radius 1 is 0.750 bits per heavy atom. The second-order valence-corrected chi connectivity index (χ2v) is 10.4. The van der Waals surface area contributed by atoms with Crippen molar-refractivity contribution in [3.63, 3.8) is 0 Å². The molecule has 2 aliphatic rings. The summed E-state index contributed by atoms with van der Waals surface area (Å²) in [6.07, 6.45) is 5.79. The Bertz CT molecular complexity index is 1310. The van der Waals surface area contributed by atoms with Gasteiger partial charge in [0.05, 0.1) is 5.52 Å². The molecule has 184 valence electrons. The third-order valence-corrected chi connectivity index (χ3v) is 7.90. The molecule has 0 aliphatic heterocycles. The number of aromatic nitrogens is 2. The second kappa shape index (κ2) is 9.90. The molecule has 1 heterocycles. The highest BCUT2D eigenvalue weighted by Crippen LogP contribution is 2.45. The Morgan fingerprint density at radius 2 is 1.36 bits per heavy atom. The van der Waals surface area contributed by atoms with Gasteiger partial charge in [0.2, 0.25) is 5.95 Å². The zero-order valence-corrected chi connectivity index (χ0v) is 21.2. The number of hydrogen-bond acceptors (Lipinski definition) is 5. The number of rotatable bonds is 7. The van der Waals surface area contributed by atoms with Crippen molar-refractivity contribution < 1.29 is 0 Å². The van der Waals surface area contributed by atoms with Crippen molar-refractivity contribution in [1.29, 1.82) is 0 Å². The molecular weight excluding hydrogens is 442 g/mol. The molecule has 0 amide bonds. The number of nitrogens with one attached hydrogen (secondary N) is 2. The number of para-hydroxylation sites is 1. The summed E-state index contributed by atoms with van der Waals surface area (Å²) in [6.45, 7) is 1.05. The highest BCUT2D eigenvalue weighted by molar-refractivity contribution is 5.90. The second-order valence-electron chi connectivity index (χ2n) is 10.4. The van der Waals surface area contributed by atoms with Gasteiger partial charge in [0.25, 0.3) is 0 Å². The van der Waals surface area contributed by atoms with E-state index in [9.17, 15) is 0 Å². The monoisotopic (exact) mass is 477 g/mol. The zero-order valence-electron chi connectivity index (χ0n) is 21.2. The van der Waals surface area contributed by atoms with Gasteiger partial charge in [0.15, 0.2) is 0 Å². The summed E-state index contributed by atoms with van der Waals surface area (Å²) in [7, 11) is 4.08. The van der Waals surface area contributed by atoms with Crippen LogP contribution in [0.5, 0.6) is 0 Å². The zero-order chi connectivity index (χ0) is 24.5. The van der Waals surface area contributed by atoms with Crippen LogP contribution in [0.1, 0.15) is 49.1 Å². The van der Waals surface area contributed by atoms with Crippen LogP contribution in [0.3, 0.4) is 0 Å². The Hall–Kier alpha value is -3.44. The van der Waals surface area contributed by atoms with Gasteiger partial charge in [-0.3, -0.25) is 0 Å². The van der Waals surface area contributed by atoms with Crippen LogP contribution < -0.4 is 15.5 Å². The van der Waals surface area contributed by atoms with Crippen molar-refractivity contribution in [2.24, 2.45) is 0 Å². The molecule has 0 atom stereocenters. The summed E-state index contributed by atoms with van der Waals surface area (Å²) in [4.78, 5) is 11.7. The molecule has 1 fully saturated rings. The van der Waals surface area contributed by atoms with Gasteiger partial charge in [0.1, 0.15) is 5.82 Å². The Morgan fingerprint density at radius 3 is 2.06 bits per heavy atom. The lowest BCUT2D eigenvalue weighted by Crippen LogP contribution is -2.38. The molecule has 2 aliphatic carbocycles. The number of benzene rings is 3. The fourth-order valence-electron chi connectivity index (χ4n) is 6.09. The van der Waals surface area contributed by atoms with Crippen molar-refractivity contribution in [1.82, 2.24) is 15.3 Å². The summed E-state index contributed by atoms with van der Waals surface area (Å²) in [5, 5.41) is 8.60. The van der Waals surface area contributed by atoms with Crippen LogP contribution in [0.2, 0.25) is 0 Å². The number of nitrogens with zero attached hydrogens (tertiary/aromatic N) is 3. The first-order valence-corrected chi connectivity index (χ1v) is 13.3. The molecule has 5 nitrogen and oxygen atoms in total. The smallest absolute Gasteiger partial charge is 0.225 e. The fourth-order valence-corrected chi connectivity index (χ4v) is 6.09. The molecule has 1 saturated carbocycles. The molecule has 0 saturated heterocycles. The third kappa shape index (κ3) is 4.44. The average Bonchev–Trinajstić information content (AvgIpc) is 3.23. The van der Waals surface area contributed by atoms with Gasteiger partial charge in [-0.05, 0) is 73.0 Å². The maximum Gasteiger partial charge on any atom is 0.225 e. The molecule has 4 aromatic rings. The fraction of sp³-hybridized carbons (Fsp3) is 0.355. The van der Waals surface area contributed by atoms with Gasteiger partial charge < -0.3 is 15.5 Å². The minimum Gasteiger partial charge on any atom is -0.362 e. The van der Waals surface area contributed by atoms with Crippen molar-refractivity contribution in [2.45, 2.75) is 50.1 Å². The van der Waals surface area contributed by atoms with Crippen LogP contribution in [0.15, 0.2) is 72.8 Å². The van der Waals surface area contributed by atoms with Crippen LogP contribution in [-0.4, -0.2) is 42.7 Å². The van der Waals surface area contributed by atoms with Crippen LogP contribution in [0.4, 0.5) is 11.8 Å². The number of fused-ring (bicyclic) bond motifs is 4. The van der Waals surface area contributed by atoms with Crippen LogP contribution in [0, 0.1) is 0 Å². The summed E-state index contributed by atoms with van der Waals surface area (Å²) < 4.78 is 0. The van der Waals surface area contributed by atoms with Crippen molar-refractivity contribution >= 4 is 22.7 Å². The first kappa shape index (κ1) is 23.0. The van der Waals surface area contributed by atoms with E-state index >= 15 is 0 Å². The molecule has 0 bridgehead atoms. The Kier molecular flexibility index (Phi) is 6.32. The molecular formula is C31H35N5. The normalized spacial score (nSPS) is 19.2. The standard InChI is InChI=1S/C31H35N5/c1-36(2)30-28-13-7-8-14-29(28)34-31(35-30)33-22-17-15-21(16-18-22)32-20-19-27-25-11-5-3-9-23(25)24-10-4-6-12-26(24)27/h3-14,21-22,27,32H,15-20H2,1-2H3,(H,33,34,35)/t21-,22+. The van der Waals surface area contributed by atoms with Gasteiger partial charge in [-0.1, -0.05) is 60.7 Å². The minimum atomic E-state index is 0.424. The van der Waals surface area contributed by atoms with E-state index in [2.05, 4.69) is 76.2 Å². The average molecular weight is 478 g/mol. The molecule has 3 aromatic carbocycles. The maximum atomic E-state index is 4.83. The predicted octanol–water partition coefficient (Wildman–Crippen LogP) is 6.21. The van der Waals surface area contributed by atoms with E-state index < -0.39 is 0 Å². The van der Waals surface area contributed by atoms with Crippen LogP contribution in [0.25, 0.3) is 22.0 Å². The molecule has 0 radical (unpaired) electrons. The molecule has 0 spiro atoms. The van der Waals surface area contributed by atoms with E-state index in [4.69, 9.17) is 9.97 Å². The van der Waals surface area contributed by atoms with E-state index in [1.807, 2.05) is 26.2 Å². The van der Waals surface area contributed by atoms with Crippen molar-refractivity contribution in [3.8, 4) is 11.1 Å². The number of hydrogen-bond donors (Lipinski definition) is 2. The SMILES string of the molecule is CN(C)c1nc(N[C@H]2CC[C@@H](NCCC3c4ccccc4-c4ccccc43)CC2)nc2ccccc12. The van der Waals surface area contributed by atoms with Gasteiger partial charge >= 0.3 is 0 Å². The van der Waals surface area contributed by atoms with Gasteiger partial charge in [-0.15, -0.1) is 0 Å². The molecule has 0 unspecified atom stereocenters. The quantitative estimate of drug-likeness (QED) is 0.331. The molecule has 36 heavy (non-hydrogen) atoms. The van der Waals surface area contributed by atoms with Crippen LogP contribution >= 0.6 is 0 Å². The van der Waals surface area contributed by atoms with E-state index in [-0.39, 0.29) is 0 Å². The van der Waals surface area contributed by atoms with E-state index in [1.54, 1.807) is 0 Å². The Labute approximate surface area is 214 Å². The van der Waals surface area contributed by atoms with Gasteiger partial charge in [0, 0.05) is 37.5 Å². The van der Waals surface area contributed by atoms with E-state index in [0.29, 0.717) is 18.0 Å². The molecule has 1 aromatic heterocycles. The highest BCUT2D eigenvalue weighted by Gasteiger charge is 2.28. The lowest BCUT2D eigenvalue weighted by atomic mass is 9.90. The van der Waals surface area contributed by atoms with Gasteiger partial charge in [-0.25, -0.2) is 4.98 Å². The first-order valence-electron chi connectivity index (χ1n) is 13.3. The largest absolute Gasteiger partial charge is 0.362 e. The van der Waals surface area contributed by atoms with Crippen molar-refractivity contribution in [3.05, 3.63) is 83.9 Å². The predicted molar refractivity (Wildman–Crippen MR) is 150 cm³/mol. The Balaban J connectivity index is 1.04. The summed E-state index contributed by atoms with van der Waals surface area (Å²) in [5.74, 6) is 2.21. The highest BCUT2D eigenvalue weighted by atomic mass is 15.2. The maximum absolute atomic E-state index is 4.83. The van der Waals surface area contributed by atoms with Crippen molar-refractivity contribution in [2.75, 3.05) is 30.9 Å². The lowest BCUT2D eigenvalue weighted by molar-refractivity contribution is 0.351. The van der Waals surface area contributed by atoms with Gasteiger partial charge in [-0.2, -0.15) is 4.98 Å². The number of anilines is 2. The molecule has 6 rings (SSSR count). The summed E-state index contributed by atoms with van der Waals surface area (Å²) in [5.41, 5.74) is 6.79. The third-order valence-electron chi connectivity index (χ3n) is 7.90.